The molecule has 0 heterocycles. The van der Waals surface area contributed by atoms with E-state index in [0.29, 0.717) is 0 Å². The summed E-state index contributed by atoms with van der Waals surface area (Å²) >= 11 is 17.1. The van der Waals surface area contributed by atoms with Crippen molar-refractivity contribution in [3.05, 3.63) is 0 Å². The molecule has 0 rings (SSSR count). The third-order valence-electron chi connectivity index (χ3n) is 0.778. The van der Waals surface area contributed by atoms with E-state index in [1.54, 1.807) is 0 Å². The Bertz CT molecular complexity index is 146. The van der Waals surface area contributed by atoms with Crippen molar-refractivity contribution < 1.29 is 9.53 Å². The van der Waals surface area contributed by atoms with Crippen LogP contribution in [0.3, 0.4) is 0 Å². The molecule has 0 aliphatic heterocycles. The van der Waals surface area contributed by atoms with E-state index in [9.17, 15) is 4.79 Å². The van der Waals surface area contributed by atoms with Gasteiger partial charge in [0.25, 0.3) is 0 Å². The van der Waals surface area contributed by atoms with E-state index in [1.165, 1.54) is 0 Å². The molecule has 12 heavy (non-hydrogen) atoms. The lowest BCUT2D eigenvalue weighted by atomic mass is 10.6. The van der Waals surface area contributed by atoms with Gasteiger partial charge in [0.15, 0.2) is 0 Å². The van der Waals surface area contributed by atoms with E-state index >= 15 is 0 Å². The van der Waals surface area contributed by atoms with Crippen molar-refractivity contribution >= 4 is 51.9 Å². The van der Waals surface area contributed by atoms with E-state index in [-0.39, 0.29) is 6.61 Å². The summed E-state index contributed by atoms with van der Waals surface area (Å²) < 4.78 is 3.13. The van der Waals surface area contributed by atoms with Gasteiger partial charge in [-0.1, -0.05) is 41.7 Å². The fraction of sp³-hybridized carbons (Fsp3) is 0.833. The molecule has 0 aromatic heterocycles. The van der Waals surface area contributed by atoms with Crippen LogP contribution in [0.1, 0.15) is 13.3 Å². The van der Waals surface area contributed by atoms with Crippen molar-refractivity contribution in [2.24, 2.45) is 0 Å². The van der Waals surface area contributed by atoms with Gasteiger partial charge in [0.1, 0.15) is 6.61 Å². The fourth-order valence-corrected chi connectivity index (χ4v) is 1.04. The average Bonchev–Trinajstić information content (AvgIpc) is 1.95. The summed E-state index contributed by atoms with van der Waals surface area (Å²) in [7, 11) is 0. The second-order valence-electron chi connectivity index (χ2n) is 2.00. The van der Waals surface area contributed by atoms with Crippen LogP contribution in [0, 0.1) is 0 Å². The predicted molar refractivity (Wildman–Crippen MR) is 54.4 cm³/mol. The van der Waals surface area contributed by atoms with Gasteiger partial charge in [0.2, 0.25) is 3.79 Å². The molecule has 72 valence electrons. The molecule has 0 N–H and O–H groups in total. The molecule has 0 saturated heterocycles. The SMILES string of the molecule is CCCSC(=O)OCC(Cl)(Cl)Cl. The van der Waals surface area contributed by atoms with Gasteiger partial charge in [-0.25, -0.2) is 4.79 Å². The molecule has 0 aromatic rings. The number of alkyl halides is 3. The van der Waals surface area contributed by atoms with Crippen molar-refractivity contribution in [3.63, 3.8) is 0 Å². The molecule has 0 spiro atoms. The van der Waals surface area contributed by atoms with Crippen molar-refractivity contribution in [2.75, 3.05) is 12.4 Å². The summed E-state index contributed by atoms with van der Waals surface area (Å²) in [5.41, 5.74) is 0. The molecule has 2 nitrogen and oxygen atoms in total. The topological polar surface area (TPSA) is 26.3 Å². The zero-order chi connectivity index (χ0) is 9.61. The maximum Gasteiger partial charge on any atom is 0.367 e. The Morgan fingerprint density at radius 2 is 2.08 bits per heavy atom. The first-order chi connectivity index (χ1) is 5.45. The predicted octanol–water partition coefficient (Wildman–Crippen LogP) is 3.64. The number of rotatable bonds is 3. The number of thioether (sulfide) groups is 1. The maximum atomic E-state index is 10.8. The Hall–Kier alpha value is 0.690. The standard InChI is InChI=1S/C6H9Cl3O2S/c1-2-3-12-5(10)11-4-6(7,8)9/h2-4H2,1H3. The molecule has 0 bridgehead atoms. The summed E-state index contributed by atoms with van der Waals surface area (Å²) in [6.45, 7) is 1.77. The highest BCUT2D eigenvalue weighted by molar-refractivity contribution is 8.13. The Kier molecular flexibility index (Phi) is 6.55. The van der Waals surface area contributed by atoms with Gasteiger partial charge in [0.05, 0.1) is 0 Å². The van der Waals surface area contributed by atoms with Crippen LogP contribution in [0.4, 0.5) is 4.79 Å². The summed E-state index contributed by atoms with van der Waals surface area (Å²) in [6.07, 6.45) is 0.910. The van der Waals surface area contributed by atoms with Crippen LogP contribution in [0.15, 0.2) is 0 Å². The van der Waals surface area contributed by atoms with Crippen molar-refractivity contribution in [1.29, 1.82) is 0 Å². The zero-order valence-electron chi connectivity index (χ0n) is 6.48. The highest BCUT2D eigenvalue weighted by Crippen LogP contribution is 2.26. The van der Waals surface area contributed by atoms with Crippen LogP contribution in [0.25, 0.3) is 0 Å². The van der Waals surface area contributed by atoms with Gasteiger partial charge < -0.3 is 4.74 Å². The molecule has 6 heteroatoms. The Morgan fingerprint density at radius 3 is 2.50 bits per heavy atom. The normalized spacial score (nSPS) is 11.3. The summed E-state index contributed by atoms with van der Waals surface area (Å²) in [4.78, 5) is 10.8. The van der Waals surface area contributed by atoms with Crippen molar-refractivity contribution in [1.82, 2.24) is 0 Å². The van der Waals surface area contributed by atoms with Crippen molar-refractivity contribution in [2.45, 2.75) is 17.1 Å². The van der Waals surface area contributed by atoms with Crippen LogP contribution in [0.2, 0.25) is 0 Å². The Labute approximate surface area is 90.9 Å². The lowest BCUT2D eigenvalue weighted by molar-refractivity contribution is 0.177. The van der Waals surface area contributed by atoms with Crippen LogP contribution >= 0.6 is 46.6 Å². The first kappa shape index (κ1) is 12.7. The largest absolute Gasteiger partial charge is 0.453 e. The Balaban J connectivity index is 3.44. The number of carbonyl (C=O) groups excluding carboxylic acids is 1. The van der Waals surface area contributed by atoms with E-state index < -0.39 is 9.09 Å². The van der Waals surface area contributed by atoms with Gasteiger partial charge in [-0.15, -0.1) is 0 Å². The van der Waals surface area contributed by atoms with E-state index in [0.717, 1.165) is 23.9 Å². The molecule has 0 amide bonds. The highest BCUT2D eigenvalue weighted by Gasteiger charge is 2.21. The second-order valence-corrected chi connectivity index (χ2v) is 5.55. The molecule has 0 saturated carbocycles. The molecule has 0 radical (unpaired) electrons. The smallest absolute Gasteiger partial charge is 0.367 e. The van der Waals surface area contributed by atoms with Gasteiger partial charge in [-0.2, -0.15) is 0 Å². The fourth-order valence-electron chi connectivity index (χ4n) is 0.368. The summed E-state index contributed by atoms with van der Waals surface area (Å²) in [5, 5.41) is -0.400. The maximum absolute atomic E-state index is 10.8. The highest BCUT2D eigenvalue weighted by atomic mass is 35.6. The number of hydrogen-bond acceptors (Lipinski definition) is 3. The van der Waals surface area contributed by atoms with Gasteiger partial charge >= 0.3 is 5.30 Å². The molecule has 0 atom stereocenters. The van der Waals surface area contributed by atoms with Crippen LogP contribution in [0.5, 0.6) is 0 Å². The molecular formula is C6H9Cl3O2S. The van der Waals surface area contributed by atoms with E-state index in [2.05, 4.69) is 4.74 Å². The second kappa shape index (κ2) is 6.19. The van der Waals surface area contributed by atoms with Gasteiger partial charge in [-0.05, 0) is 18.2 Å². The van der Waals surface area contributed by atoms with Crippen molar-refractivity contribution in [3.8, 4) is 0 Å². The monoisotopic (exact) mass is 250 g/mol. The van der Waals surface area contributed by atoms with E-state index in [1.807, 2.05) is 6.92 Å². The molecule has 0 fully saturated rings. The number of carbonyl (C=O) groups is 1. The van der Waals surface area contributed by atoms with Gasteiger partial charge in [0, 0.05) is 5.75 Å². The van der Waals surface area contributed by atoms with E-state index in [4.69, 9.17) is 34.8 Å². The molecule has 0 aromatic carbocycles. The molecular weight excluding hydrogens is 242 g/mol. The zero-order valence-corrected chi connectivity index (χ0v) is 9.56. The first-order valence-electron chi connectivity index (χ1n) is 3.32. The van der Waals surface area contributed by atoms with Crippen LogP contribution in [-0.4, -0.2) is 21.5 Å². The lowest BCUT2D eigenvalue weighted by Crippen LogP contribution is -2.14. The summed E-state index contributed by atoms with van der Waals surface area (Å²) in [5.74, 6) is 0.721. The van der Waals surface area contributed by atoms with Crippen LogP contribution in [-0.2, 0) is 4.74 Å². The third kappa shape index (κ3) is 8.78. The summed E-state index contributed by atoms with van der Waals surface area (Å²) in [6, 6.07) is 0. The average molecular weight is 252 g/mol. The molecule has 0 aliphatic carbocycles. The van der Waals surface area contributed by atoms with Crippen LogP contribution < -0.4 is 0 Å². The minimum atomic E-state index is -1.51. The van der Waals surface area contributed by atoms with Gasteiger partial charge in [-0.3, -0.25) is 0 Å². The quantitative estimate of drug-likeness (QED) is 0.566. The minimum Gasteiger partial charge on any atom is -0.453 e. The number of halogens is 3. The molecule has 0 aliphatic rings. The number of ether oxygens (including phenoxy) is 1. The molecule has 0 unspecified atom stereocenters. The Morgan fingerprint density at radius 1 is 1.50 bits per heavy atom. The first-order valence-corrected chi connectivity index (χ1v) is 5.44. The number of hydrogen-bond donors (Lipinski definition) is 0. The lowest BCUT2D eigenvalue weighted by Gasteiger charge is -2.10. The third-order valence-corrected chi connectivity index (χ3v) is 2.07. The minimum absolute atomic E-state index is 0.201.